The minimum Gasteiger partial charge on any atom is -0.414 e. The molecule has 4 aliphatic carbocycles. The SMILES string of the molecule is CC(C)(C)[Si](C)(C)O[C@H]1CC[C@]2(C)C3CC[C@@]4(C)C(CCC45OCCO5)C3C(O)[C@H](O)[C@H]2C1. The maximum atomic E-state index is 11.6. The zero-order valence-electron chi connectivity index (χ0n) is 22.0. The minimum absolute atomic E-state index is 0.0606. The van der Waals surface area contributed by atoms with Crippen molar-refractivity contribution in [2.24, 2.45) is 34.5 Å². The molecular weight excluding hydrogens is 432 g/mol. The first-order valence-corrected chi connectivity index (χ1v) is 16.5. The molecule has 1 spiro atoms. The van der Waals surface area contributed by atoms with Crippen LogP contribution >= 0.6 is 0 Å². The van der Waals surface area contributed by atoms with Gasteiger partial charge in [0.05, 0.1) is 25.4 Å². The quantitative estimate of drug-likeness (QED) is 0.538. The lowest BCUT2D eigenvalue weighted by atomic mass is 9.43. The second-order valence-electron chi connectivity index (χ2n) is 14.1. The van der Waals surface area contributed by atoms with Crippen molar-refractivity contribution in [2.45, 2.75) is 122 Å². The van der Waals surface area contributed by atoms with Crippen molar-refractivity contribution in [3.8, 4) is 0 Å². The standard InChI is InChI=1S/C27H48O5Si/c1-24(2,3)33(6,7)32-17-8-11-25(4)18-9-12-26(5)19(10-13-27(26)30-14-15-31-27)21(18)23(29)22(28)20(25)16-17/h17-23,28-29H,8-16H2,1-7H3/t17-,18?,19?,20+,21?,22+,23?,25+,26-/m0/s1. The van der Waals surface area contributed by atoms with E-state index in [1.165, 1.54) is 0 Å². The van der Waals surface area contributed by atoms with Crippen LogP contribution in [0.4, 0.5) is 0 Å². The van der Waals surface area contributed by atoms with E-state index in [9.17, 15) is 10.2 Å². The molecule has 5 aliphatic rings. The smallest absolute Gasteiger partial charge is 0.192 e. The van der Waals surface area contributed by atoms with Gasteiger partial charge in [-0.1, -0.05) is 34.6 Å². The molecule has 9 atom stereocenters. The molecule has 0 aromatic heterocycles. The highest BCUT2D eigenvalue weighted by Crippen LogP contribution is 2.69. The van der Waals surface area contributed by atoms with E-state index in [0.29, 0.717) is 25.0 Å². The summed E-state index contributed by atoms with van der Waals surface area (Å²) in [5, 5.41) is 23.3. The van der Waals surface area contributed by atoms with Crippen molar-refractivity contribution in [1.82, 2.24) is 0 Å². The van der Waals surface area contributed by atoms with Crippen LogP contribution in [0.3, 0.4) is 0 Å². The molecule has 4 unspecified atom stereocenters. The maximum absolute atomic E-state index is 11.6. The van der Waals surface area contributed by atoms with Crippen LogP contribution in [0.2, 0.25) is 18.1 Å². The molecule has 1 saturated heterocycles. The third-order valence-electron chi connectivity index (χ3n) is 11.8. The number of ether oxygens (including phenoxy) is 2. The number of aliphatic hydroxyl groups excluding tert-OH is 2. The number of hydrogen-bond acceptors (Lipinski definition) is 5. The highest BCUT2D eigenvalue weighted by Gasteiger charge is 2.70. The van der Waals surface area contributed by atoms with E-state index in [4.69, 9.17) is 13.9 Å². The van der Waals surface area contributed by atoms with Gasteiger partial charge in [-0.25, -0.2) is 0 Å². The van der Waals surface area contributed by atoms with Gasteiger partial charge in [0.25, 0.3) is 0 Å². The van der Waals surface area contributed by atoms with Gasteiger partial charge in [0, 0.05) is 17.9 Å². The molecular formula is C27H48O5Si. The maximum Gasteiger partial charge on any atom is 0.192 e. The molecule has 6 heteroatoms. The van der Waals surface area contributed by atoms with Crippen molar-refractivity contribution in [2.75, 3.05) is 13.2 Å². The van der Waals surface area contributed by atoms with Gasteiger partial charge in [-0.05, 0) is 85.7 Å². The molecule has 5 fully saturated rings. The van der Waals surface area contributed by atoms with Gasteiger partial charge in [-0.15, -0.1) is 0 Å². The Morgan fingerprint density at radius 2 is 1.48 bits per heavy atom. The van der Waals surface area contributed by atoms with Gasteiger partial charge in [0.1, 0.15) is 0 Å². The molecule has 0 radical (unpaired) electrons. The Labute approximate surface area is 202 Å². The van der Waals surface area contributed by atoms with E-state index in [-0.39, 0.29) is 33.8 Å². The highest BCUT2D eigenvalue weighted by atomic mass is 28.4. The molecule has 33 heavy (non-hydrogen) atoms. The normalized spacial score (nSPS) is 49.5. The van der Waals surface area contributed by atoms with Crippen molar-refractivity contribution < 1.29 is 24.1 Å². The second-order valence-corrected chi connectivity index (χ2v) is 18.9. The third-order valence-corrected chi connectivity index (χ3v) is 16.3. The van der Waals surface area contributed by atoms with E-state index in [1.54, 1.807) is 0 Å². The van der Waals surface area contributed by atoms with Crippen LogP contribution in [-0.2, 0) is 13.9 Å². The third kappa shape index (κ3) is 3.41. The highest BCUT2D eigenvalue weighted by molar-refractivity contribution is 6.74. The van der Waals surface area contributed by atoms with E-state index in [2.05, 4.69) is 47.7 Å². The lowest BCUT2D eigenvalue weighted by molar-refractivity contribution is -0.269. The molecule has 0 aromatic carbocycles. The van der Waals surface area contributed by atoms with Crippen molar-refractivity contribution >= 4 is 8.32 Å². The molecule has 5 nitrogen and oxygen atoms in total. The van der Waals surface area contributed by atoms with E-state index in [1.807, 2.05) is 0 Å². The van der Waals surface area contributed by atoms with Crippen LogP contribution in [0.15, 0.2) is 0 Å². The molecule has 4 saturated carbocycles. The second kappa shape index (κ2) is 7.76. The summed E-state index contributed by atoms with van der Waals surface area (Å²) in [5.74, 6) is 0.558. The first-order valence-electron chi connectivity index (χ1n) is 13.6. The molecule has 1 heterocycles. The molecule has 2 N–H and O–H groups in total. The minimum atomic E-state index is -1.86. The summed E-state index contributed by atoms with van der Waals surface area (Å²) in [6, 6.07) is 0. The van der Waals surface area contributed by atoms with E-state index in [0.717, 1.165) is 44.9 Å². The fourth-order valence-corrected chi connectivity index (χ4v) is 10.2. The Balaban J connectivity index is 1.39. The first kappa shape index (κ1) is 24.7. The van der Waals surface area contributed by atoms with Gasteiger partial charge in [-0.2, -0.15) is 0 Å². The summed E-state index contributed by atoms with van der Waals surface area (Å²) in [6.07, 6.45) is 6.03. The number of fused-ring (bicyclic) bond motifs is 6. The Morgan fingerprint density at radius 1 is 0.848 bits per heavy atom. The fraction of sp³-hybridized carbons (Fsp3) is 1.00. The van der Waals surface area contributed by atoms with Crippen LogP contribution in [0, 0.1) is 34.5 Å². The van der Waals surface area contributed by atoms with Crippen LogP contribution in [0.25, 0.3) is 0 Å². The Kier molecular flexibility index (Phi) is 5.81. The Hall–Kier alpha value is 0.0169. The number of rotatable bonds is 2. The Morgan fingerprint density at radius 3 is 2.12 bits per heavy atom. The summed E-state index contributed by atoms with van der Waals surface area (Å²) in [7, 11) is -1.86. The predicted octanol–water partition coefficient (Wildman–Crippen LogP) is 5.10. The average Bonchev–Trinajstić information content (AvgIpc) is 3.32. The zero-order chi connectivity index (χ0) is 24.0. The van der Waals surface area contributed by atoms with Gasteiger partial charge in [0.15, 0.2) is 14.1 Å². The van der Waals surface area contributed by atoms with Gasteiger partial charge in [0.2, 0.25) is 0 Å². The monoisotopic (exact) mass is 480 g/mol. The van der Waals surface area contributed by atoms with Crippen molar-refractivity contribution in [1.29, 1.82) is 0 Å². The number of aliphatic hydroxyl groups is 2. The molecule has 1 aliphatic heterocycles. The van der Waals surface area contributed by atoms with Crippen LogP contribution < -0.4 is 0 Å². The van der Waals surface area contributed by atoms with Gasteiger partial charge >= 0.3 is 0 Å². The summed E-state index contributed by atoms with van der Waals surface area (Å²) >= 11 is 0. The predicted molar refractivity (Wildman–Crippen MR) is 131 cm³/mol. The first-order chi connectivity index (χ1) is 15.3. The topological polar surface area (TPSA) is 68.2 Å². The fourth-order valence-electron chi connectivity index (χ4n) is 8.81. The molecule has 0 aromatic rings. The molecule has 0 amide bonds. The number of hydrogen-bond donors (Lipinski definition) is 2. The molecule has 190 valence electrons. The summed E-state index contributed by atoms with van der Waals surface area (Å²) < 4.78 is 19.3. The lowest BCUT2D eigenvalue weighted by Gasteiger charge is -2.64. The Bertz CT molecular complexity index is 758. The molecule has 0 bridgehead atoms. The van der Waals surface area contributed by atoms with Gasteiger partial charge in [-0.3, -0.25) is 0 Å². The summed E-state index contributed by atoms with van der Waals surface area (Å²) in [5.41, 5.74) is -0.0116. The zero-order valence-corrected chi connectivity index (χ0v) is 23.0. The lowest BCUT2D eigenvalue weighted by Crippen LogP contribution is -2.65. The summed E-state index contributed by atoms with van der Waals surface area (Å²) in [4.78, 5) is 0. The van der Waals surface area contributed by atoms with Crippen molar-refractivity contribution in [3.05, 3.63) is 0 Å². The average molecular weight is 481 g/mol. The molecule has 5 rings (SSSR count). The van der Waals surface area contributed by atoms with Gasteiger partial charge < -0.3 is 24.1 Å². The van der Waals surface area contributed by atoms with Crippen LogP contribution in [0.5, 0.6) is 0 Å². The summed E-state index contributed by atoms with van der Waals surface area (Å²) in [6.45, 7) is 17.6. The largest absolute Gasteiger partial charge is 0.414 e. The van der Waals surface area contributed by atoms with E-state index >= 15 is 0 Å². The van der Waals surface area contributed by atoms with Crippen LogP contribution in [-0.4, -0.2) is 55.8 Å². The van der Waals surface area contributed by atoms with Crippen LogP contribution in [0.1, 0.15) is 79.6 Å². The van der Waals surface area contributed by atoms with Crippen molar-refractivity contribution in [3.63, 3.8) is 0 Å². The van der Waals surface area contributed by atoms with E-state index < -0.39 is 26.3 Å².